The fourth-order valence-corrected chi connectivity index (χ4v) is 8.11. The number of benzene rings is 3. The molecule has 3 heterocycles. The molecule has 57 heavy (non-hydrogen) atoms. The first-order valence-electron chi connectivity index (χ1n) is 19.7. The highest BCUT2D eigenvalue weighted by Gasteiger charge is 2.30. The van der Waals surface area contributed by atoms with Gasteiger partial charge in [0.25, 0.3) is 0 Å². The molecule has 300 valence electrons. The first-order chi connectivity index (χ1) is 27.7. The Hall–Kier alpha value is -5.15. The third kappa shape index (κ3) is 10.4. The summed E-state index contributed by atoms with van der Waals surface area (Å²) in [5.41, 5.74) is 7.13. The van der Waals surface area contributed by atoms with Crippen molar-refractivity contribution in [3.05, 3.63) is 105 Å². The number of aliphatic carboxylic acids is 1. The van der Waals surface area contributed by atoms with E-state index < -0.39 is 12.0 Å². The second kappa shape index (κ2) is 19.8. The number of hydrogen-bond donors (Lipinski definition) is 1. The zero-order valence-electron chi connectivity index (χ0n) is 33.0. The molecule has 3 aromatic carbocycles. The van der Waals surface area contributed by atoms with E-state index in [9.17, 15) is 20.0 Å². The van der Waals surface area contributed by atoms with Gasteiger partial charge in [0.2, 0.25) is 0 Å². The molecule has 1 aromatic heterocycles. The van der Waals surface area contributed by atoms with Gasteiger partial charge in [0.05, 0.1) is 24.3 Å². The summed E-state index contributed by atoms with van der Waals surface area (Å²) in [6.45, 7) is 7.76. The van der Waals surface area contributed by atoms with Crippen molar-refractivity contribution < 1.29 is 33.6 Å². The Balaban J connectivity index is 1.16. The number of likely N-dealkylation sites (tertiary alicyclic amines) is 2. The molecule has 2 aliphatic heterocycles. The van der Waals surface area contributed by atoms with Crippen LogP contribution in [0.25, 0.3) is 11.1 Å². The standard InChI is InChI=1S/C45H51ClN4O7/c1-30-34(11-8-12-36(30)37-13-9-16-41(31(37)2)55-20-10-19-49-17-6-5-15-40(49)45(53)54-3)29-57-43-23-42(56-28-33-21-32(24-47)25-48-26-33)35(22-38(43)46)27-50-18-7-4-14-39(50)44(51)52/h8-9,11-13,16,21-23,25-26,39-40H,4-7,10,14-15,17-20,27-29H2,1-3H3,(H,51,52)/t39-,40?/m0/s1. The zero-order chi connectivity index (χ0) is 40.3. The van der Waals surface area contributed by atoms with Crippen molar-refractivity contribution in [2.45, 2.75) is 90.6 Å². The third-order valence-electron chi connectivity index (χ3n) is 11.0. The van der Waals surface area contributed by atoms with Gasteiger partial charge in [-0.1, -0.05) is 54.8 Å². The van der Waals surface area contributed by atoms with Crippen molar-refractivity contribution in [1.29, 1.82) is 5.26 Å². The van der Waals surface area contributed by atoms with Crippen molar-refractivity contribution >= 4 is 23.5 Å². The number of nitriles is 1. The van der Waals surface area contributed by atoms with Crippen LogP contribution in [0.4, 0.5) is 0 Å². The van der Waals surface area contributed by atoms with E-state index in [1.165, 1.54) is 13.3 Å². The van der Waals surface area contributed by atoms with Crippen molar-refractivity contribution in [3.8, 4) is 34.4 Å². The minimum Gasteiger partial charge on any atom is -0.493 e. The van der Waals surface area contributed by atoms with Gasteiger partial charge in [-0.05, 0) is 105 Å². The number of carboxylic acid groups (broad SMARTS) is 1. The van der Waals surface area contributed by atoms with Crippen LogP contribution in [-0.2, 0) is 34.1 Å². The number of pyridine rings is 1. The van der Waals surface area contributed by atoms with E-state index in [0.29, 0.717) is 48.2 Å². The topological polar surface area (TPSA) is 134 Å². The number of piperidine rings is 2. The zero-order valence-corrected chi connectivity index (χ0v) is 33.7. The van der Waals surface area contributed by atoms with Crippen LogP contribution in [0, 0.1) is 25.2 Å². The predicted molar refractivity (Wildman–Crippen MR) is 217 cm³/mol. The van der Waals surface area contributed by atoms with Crippen LogP contribution in [0.5, 0.6) is 17.2 Å². The quantitative estimate of drug-likeness (QED) is 0.0868. The Morgan fingerprint density at radius 1 is 0.842 bits per heavy atom. The van der Waals surface area contributed by atoms with Gasteiger partial charge in [-0.15, -0.1) is 0 Å². The van der Waals surface area contributed by atoms with Gasteiger partial charge in [-0.2, -0.15) is 5.26 Å². The molecule has 12 heteroatoms. The molecule has 0 saturated carbocycles. The van der Waals surface area contributed by atoms with Gasteiger partial charge >= 0.3 is 11.9 Å². The lowest BCUT2D eigenvalue weighted by molar-refractivity contribution is -0.148. The molecule has 2 atom stereocenters. The highest BCUT2D eigenvalue weighted by atomic mass is 35.5. The number of methoxy groups -OCH3 is 1. The summed E-state index contributed by atoms with van der Waals surface area (Å²) in [4.78, 5) is 32.7. The molecule has 1 unspecified atom stereocenters. The summed E-state index contributed by atoms with van der Waals surface area (Å²) in [5.74, 6) is 0.783. The van der Waals surface area contributed by atoms with Gasteiger partial charge in [0, 0.05) is 42.7 Å². The number of ether oxygens (including phenoxy) is 4. The monoisotopic (exact) mass is 794 g/mol. The van der Waals surface area contributed by atoms with Crippen molar-refractivity contribution in [3.63, 3.8) is 0 Å². The van der Waals surface area contributed by atoms with Gasteiger partial charge < -0.3 is 24.1 Å². The molecule has 0 radical (unpaired) electrons. The molecule has 0 amide bonds. The first-order valence-corrected chi connectivity index (χ1v) is 20.1. The van der Waals surface area contributed by atoms with E-state index in [1.54, 1.807) is 24.4 Å². The molecule has 2 aliphatic rings. The maximum Gasteiger partial charge on any atom is 0.323 e. The van der Waals surface area contributed by atoms with Crippen LogP contribution in [0.15, 0.2) is 67.0 Å². The highest BCUT2D eigenvalue weighted by Crippen LogP contribution is 2.37. The normalized spacial score (nSPS) is 17.4. The smallest absolute Gasteiger partial charge is 0.323 e. The Labute approximate surface area is 340 Å². The predicted octanol–water partition coefficient (Wildman–Crippen LogP) is 8.28. The number of hydrogen-bond acceptors (Lipinski definition) is 10. The molecule has 6 rings (SSSR count). The fourth-order valence-electron chi connectivity index (χ4n) is 7.87. The second-order valence-electron chi connectivity index (χ2n) is 14.8. The van der Waals surface area contributed by atoms with E-state index in [0.717, 1.165) is 96.3 Å². The van der Waals surface area contributed by atoms with Crippen molar-refractivity contribution in [2.24, 2.45) is 0 Å². The third-order valence-corrected chi connectivity index (χ3v) is 11.3. The Morgan fingerprint density at radius 3 is 2.32 bits per heavy atom. The Bertz CT molecular complexity index is 2090. The molecule has 4 aromatic rings. The number of halogens is 1. The lowest BCUT2D eigenvalue weighted by Gasteiger charge is -2.33. The van der Waals surface area contributed by atoms with Crippen molar-refractivity contribution in [1.82, 2.24) is 14.8 Å². The molecule has 0 spiro atoms. The largest absolute Gasteiger partial charge is 0.493 e. The minimum atomic E-state index is -0.839. The van der Waals surface area contributed by atoms with Gasteiger partial charge in [0.1, 0.15) is 48.6 Å². The van der Waals surface area contributed by atoms with E-state index >= 15 is 0 Å². The second-order valence-corrected chi connectivity index (χ2v) is 15.2. The number of esters is 1. The average molecular weight is 795 g/mol. The van der Waals surface area contributed by atoms with Crippen LogP contribution < -0.4 is 14.2 Å². The lowest BCUT2D eigenvalue weighted by Crippen LogP contribution is -2.45. The number of carboxylic acids is 1. The molecule has 0 bridgehead atoms. The molecular formula is C45H51ClN4O7. The van der Waals surface area contributed by atoms with Crippen LogP contribution in [0.3, 0.4) is 0 Å². The first kappa shape index (κ1) is 41.5. The average Bonchev–Trinajstić information content (AvgIpc) is 3.22. The van der Waals surface area contributed by atoms with Gasteiger partial charge in [0.15, 0.2) is 0 Å². The van der Waals surface area contributed by atoms with E-state index in [-0.39, 0.29) is 25.2 Å². The Morgan fingerprint density at radius 2 is 1.56 bits per heavy atom. The number of carbonyl (C=O) groups is 2. The van der Waals surface area contributed by atoms with E-state index in [2.05, 4.69) is 41.9 Å². The molecule has 1 N–H and O–H groups in total. The summed E-state index contributed by atoms with van der Waals surface area (Å²) >= 11 is 6.87. The van der Waals surface area contributed by atoms with Crippen LogP contribution in [0.2, 0.25) is 5.02 Å². The SMILES string of the molecule is COC(=O)C1CCCCN1CCCOc1cccc(-c2cccc(COc3cc(OCc4cncc(C#N)c4)c(CN4CCCC[C@H]4C(=O)O)cc3Cl)c2C)c1C. The Kier molecular flexibility index (Phi) is 14.4. The summed E-state index contributed by atoms with van der Waals surface area (Å²) in [5, 5.41) is 19.7. The molecule has 0 aliphatic carbocycles. The van der Waals surface area contributed by atoms with Gasteiger partial charge in [-0.3, -0.25) is 24.4 Å². The molecular weight excluding hydrogens is 744 g/mol. The number of nitrogens with zero attached hydrogens (tertiary/aromatic N) is 4. The maximum absolute atomic E-state index is 12.3. The fraction of sp³-hybridized carbons (Fsp3) is 0.422. The van der Waals surface area contributed by atoms with E-state index in [4.69, 9.17) is 30.5 Å². The summed E-state index contributed by atoms with van der Waals surface area (Å²) in [7, 11) is 1.45. The van der Waals surface area contributed by atoms with Crippen LogP contribution in [-0.4, -0.2) is 77.3 Å². The number of rotatable bonds is 16. The number of carbonyl (C=O) groups excluding carboxylic acids is 1. The summed E-state index contributed by atoms with van der Waals surface area (Å²) in [6.07, 6.45) is 9.27. The van der Waals surface area contributed by atoms with Crippen LogP contribution >= 0.6 is 11.6 Å². The number of aromatic nitrogens is 1. The highest BCUT2D eigenvalue weighted by molar-refractivity contribution is 6.32. The lowest BCUT2D eigenvalue weighted by atomic mass is 9.93. The molecule has 2 saturated heterocycles. The van der Waals surface area contributed by atoms with Gasteiger partial charge in [-0.25, -0.2) is 0 Å². The molecule has 2 fully saturated rings. The van der Waals surface area contributed by atoms with Crippen molar-refractivity contribution in [2.75, 3.05) is 33.4 Å². The maximum atomic E-state index is 12.3. The van der Waals surface area contributed by atoms with Crippen LogP contribution in [0.1, 0.15) is 78.3 Å². The summed E-state index contributed by atoms with van der Waals surface area (Å²) in [6, 6.07) is 18.9. The van der Waals surface area contributed by atoms with E-state index in [1.807, 2.05) is 29.2 Å². The summed E-state index contributed by atoms with van der Waals surface area (Å²) < 4.78 is 24.1. The molecule has 11 nitrogen and oxygen atoms in total. The minimum absolute atomic E-state index is 0.149.